The van der Waals surface area contributed by atoms with E-state index in [0.717, 1.165) is 5.52 Å². The molecule has 3 atom stereocenters. The highest BCUT2D eigenvalue weighted by Gasteiger charge is 2.36. The van der Waals surface area contributed by atoms with Crippen molar-refractivity contribution in [2.24, 2.45) is 0 Å². The predicted molar refractivity (Wildman–Crippen MR) is 77.7 cm³/mol. The summed E-state index contributed by atoms with van der Waals surface area (Å²) in [7, 11) is 0. The molecule has 0 radical (unpaired) electrons. The third kappa shape index (κ3) is 2.17. The average Bonchev–Trinajstić information content (AvgIpc) is 2.82. The number of halogens is 3. The second-order valence-corrected chi connectivity index (χ2v) is 6.23. The van der Waals surface area contributed by atoms with Crippen LogP contribution in [-0.4, -0.2) is 32.0 Å². The Morgan fingerprint density at radius 1 is 1.21 bits per heavy atom. The van der Waals surface area contributed by atoms with Gasteiger partial charge in [0.1, 0.15) is 6.10 Å². The van der Waals surface area contributed by atoms with E-state index in [1.54, 1.807) is 12.1 Å². The Bertz CT molecular complexity index is 646. The number of nitrogens with zero attached hydrogens (tertiary/aromatic N) is 2. The lowest BCUT2D eigenvalue weighted by Crippen LogP contribution is -2.27. The number of aliphatic hydroxyl groups is 2. The monoisotopic (exact) mass is 364 g/mol. The van der Waals surface area contributed by atoms with E-state index in [-0.39, 0.29) is 6.04 Å². The quantitative estimate of drug-likeness (QED) is 0.816. The third-order valence-corrected chi connectivity index (χ3v) is 4.85. The number of aliphatic hydroxyl groups excluding tert-OH is 2. The van der Waals surface area contributed by atoms with Crippen LogP contribution in [0.5, 0.6) is 0 Å². The van der Waals surface area contributed by atoms with Gasteiger partial charge in [-0.1, -0.05) is 23.2 Å². The Labute approximate surface area is 128 Å². The van der Waals surface area contributed by atoms with Crippen LogP contribution in [0.4, 0.5) is 0 Å². The van der Waals surface area contributed by atoms with Gasteiger partial charge in [0.05, 0.1) is 33.2 Å². The fraction of sp³-hybridized carbons (Fsp3) is 0.417. The summed E-state index contributed by atoms with van der Waals surface area (Å²) in [5.41, 5.74) is 1.49. The first kappa shape index (κ1) is 13.6. The highest BCUT2D eigenvalue weighted by molar-refractivity contribution is 9.10. The maximum atomic E-state index is 10.1. The normalized spacial score (nSPS) is 27.3. The zero-order chi connectivity index (χ0) is 13.7. The van der Waals surface area contributed by atoms with Crippen LogP contribution in [0.25, 0.3) is 11.0 Å². The maximum absolute atomic E-state index is 10.1. The fourth-order valence-corrected chi connectivity index (χ4v) is 3.56. The molecule has 0 unspecified atom stereocenters. The second kappa shape index (κ2) is 4.90. The van der Waals surface area contributed by atoms with Crippen LogP contribution in [0, 0.1) is 0 Å². The van der Waals surface area contributed by atoms with Gasteiger partial charge in [-0.2, -0.15) is 0 Å². The van der Waals surface area contributed by atoms with Gasteiger partial charge >= 0.3 is 0 Å². The summed E-state index contributed by atoms with van der Waals surface area (Å²) in [5.74, 6) is 0. The largest absolute Gasteiger partial charge is 0.390 e. The average molecular weight is 366 g/mol. The van der Waals surface area contributed by atoms with Gasteiger partial charge in [-0.05, 0) is 40.9 Å². The van der Waals surface area contributed by atoms with Gasteiger partial charge < -0.3 is 14.8 Å². The van der Waals surface area contributed by atoms with E-state index < -0.39 is 12.2 Å². The lowest BCUT2D eigenvalue weighted by Gasteiger charge is -2.19. The van der Waals surface area contributed by atoms with Crippen molar-refractivity contribution in [3.63, 3.8) is 0 Å². The SMILES string of the molecule is O[C@@H]1[C@H](O)CC[C@H]1n1c(Br)nc2cc(Cl)c(Cl)cc21. The van der Waals surface area contributed by atoms with Crippen molar-refractivity contribution in [1.29, 1.82) is 0 Å². The summed E-state index contributed by atoms with van der Waals surface area (Å²) >= 11 is 15.4. The van der Waals surface area contributed by atoms with Crippen LogP contribution >= 0.6 is 39.1 Å². The minimum atomic E-state index is -0.803. The van der Waals surface area contributed by atoms with Crippen LogP contribution < -0.4 is 0 Å². The number of aromatic nitrogens is 2. The van der Waals surface area contributed by atoms with Gasteiger partial charge in [0, 0.05) is 0 Å². The maximum Gasteiger partial charge on any atom is 0.178 e. The Balaban J connectivity index is 2.18. The van der Waals surface area contributed by atoms with Crippen molar-refractivity contribution in [2.45, 2.75) is 31.1 Å². The van der Waals surface area contributed by atoms with E-state index in [1.807, 2.05) is 4.57 Å². The standard InChI is InChI=1S/C12H11BrCl2N2O2/c13-12-16-7-3-5(14)6(15)4-9(7)17(12)8-1-2-10(18)11(8)19/h3-4,8,10-11,18-19H,1-2H2/t8-,10-,11+/m1/s1. The van der Waals surface area contributed by atoms with Crippen LogP contribution in [0.3, 0.4) is 0 Å². The molecule has 3 rings (SSSR count). The lowest BCUT2D eigenvalue weighted by molar-refractivity contribution is 0.0238. The molecule has 0 saturated heterocycles. The number of fused-ring (bicyclic) bond motifs is 1. The number of imidazole rings is 1. The molecule has 102 valence electrons. The molecule has 7 heteroatoms. The summed E-state index contributed by atoms with van der Waals surface area (Å²) in [6, 6.07) is 3.21. The molecule has 19 heavy (non-hydrogen) atoms. The molecule has 1 heterocycles. The first-order chi connectivity index (χ1) is 8.99. The van der Waals surface area contributed by atoms with Gasteiger partial charge in [-0.15, -0.1) is 0 Å². The number of rotatable bonds is 1. The highest BCUT2D eigenvalue weighted by Crippen LogP contribution is 2.37. The summed E-state index contributed by atoms with van der Waals surface area (Å²) in [4.78, 5) is 4.36. The lowest BCUT2D eigenvalue weighted by atomic mass is 10.2. The van der Waals surface area contributed by atoms with E-state index in [2.05, 4.69) is 20.9 Å². The minimum Gasteiger partial charge on any atom is -0.390 e. The Morgan fingerprint density at radius 3 is 2.53 bits per heavy atom. The molecule has 2 N–H and O–H groups in total. The predicted octanol–water partition coefficient (Wildman–Crippen LogP) is 3.16. The summed E-state index contributed by atoms with van der Waals surface area (Å²) in [6.07, 6.45) is -0.244. The van der Waals surface area contributed by atoms with Gasteiger partial charge in [0.25, 0.3) is 0 Å². The van der Waals surface area contributed by atoms with Crippen molar-refractivity contribution in [3.8, 4) is 0 Å². The molecule has 1 fully saturated rings. The van der Waals surface area contributed by atoms with E-state index in [4.69, 9.17) is 23.2 Å². The molecule has 0 spiro atoms. The van der Waals surface area contributed by atoms with Crippen LogP contribution in [0.15, 0.2) is 16.9 Å². The minimum absolute atomic E-state index is 0.216. The molecular formula is C12H11BrCl2N2O2. The summed E-state index contributed by atoms with van der Waals surface area (Å²) in [6.45, 7) is 0. The highest BCUT2D eigenvalue weighted by atomic mass is 79.9. The Hall–Kier alpha value is -0.330. The molecule has 1 aromatic carbocycles. The smallest absolute Gasteiger partial charge is 0.178 e. The zero-order valence-electron chi connectivity index (χ0n) is 9.72. The molecular weight excluding hydrogens is 355 g/mol. The number of hydrogen-bond donors (Lipinski definition) is 2. The van der Waals surface area contributed by atoms with Crippen molar-refractivity contribution in [2.75, 3.05) is 0 Å². The second-order valence-electron chi connectivity index (χ2n) is 4.71. The molecule has 0 aliphatic heterocycles. The van der Waals surface area contributed by atoms with E-state index in [9.17, 15) is 10.2 Å². The van der Waals surface area contributed by atoms with Crippen molar-refractivity contribution >= 4 is 50.2 Å². The number of benzene rings is 1. The summed E-state index contributed by atoms with van der Waals surface area (Å²) < 4.78 is 2.46. The van der Waals surface area contributed by atoms with Crippen LogP contribution in [-0.2, 0) is 0 Å². The topological polar surface area (TPSA) is 58.3 Å². The molecule has 0 bridgehead atoms. The van der Waals surface area contributed by atoms with E-state index in [0.29, 0.717) is 33.1 Å². The van der Waals surface area contributed by atoms with Gasteiger partial charge in [0.15, 0.2) is 4.73 Å². The molecule has 4 nitrogen and oxygen atoms in total. The fourth-order valence-electron chi connectivity index (χ4n) is 2.60. The van der Waals surface area contributed by atoms with Crippen molar-refractivity contribution in [1.82, 2.24) is 9.55 Å². The molecule has 1 aromatic heterocycles. The van der Waals surface area contributed by atoms with E-state index in [1.165, 1.54) is 0 Å². The first-order valence-electron chi connectivity index (χ1n) is 5.87. The third-order valence-electron chi connectivity index (χ3n) is 3.57. The summed E-state index contributed by atoms with van der Waals surface area (Å²) in [5, 5.41) is 20.6. The van der Waals surface area contributed by atoms with Gasteiger partial charge in [0.2, 0.25) is 0 Å². The molecule has 1 aliphatic carbocycles. The molecule has 2 aromatic rings. The molecule has 1 aliphatic rings. The Morgan fingerprint density at radius 2 is 1.89 bits per heavy atom. The van der Waals surface area contributed by atoms with Crippen molar-refractivity contribution in [3.05, 3.63) is 26.9 Å². The van der Waals surface area contributed by atoms with Crippen LogP contribution in [0.1, 0.15) is 18.9 Å². The number of hydrogen-bond acceptors (Lipinski definition) is 3. The molecule has 0 amide bonds. The van der Waals surface area contributed by atoms with Crippen LogP contribution in [0.2, 0.25) is 10.0 Å². The zero-order valence-corrected chi connectivity index (χ0v) is 12.8. The Kier molecular flexibility index (Phi) is 3.52. The van der Waals surface area contributed by atoms with Gasteiger partial charge in [-0.25, -0.2) is 4.98 Å². The first-order valence-corrected chi connectivity index (χ1v) is 7.42. The van der Waals surface area contributed by atoms with E-state index >= 15 is 0 Å². The van der Waals surface area contributed by atoms with Gasteiger partial charge in [-0.3, -0.25) is 0 Å². The van der Waals surface area contributed by atoms with Crippen molar-refractivity contribution < 1.29 is 10.2 Å². The molecule has 1 saturated carbocycles.